The van der Waals surface area contributed by atoms with Crippen molar-refractivity contribution in [3.63, 3.8) is 0 Å². The number of nitrogens with one attached hydrogen (secondary N) is 2. The average molecular weight is 259 g/mol. The predicted molar refractivity (Wildman–Crippen MR) is 82.3 cm³/mol. The summed E-state index contributed by atoms with van der Waals surface area (Å²) in [6.07, 6.45) is 1.99. The van der Waals surface area contributed by atoms with Gasteiger partial charge in [-0.25, -0.2) is 0 Å². The second-order valence-electron chi connectivity index (χ2n) is 5.74. The first-order valence-corrected chi connectivity index (χ1v) is 7.10. The van der Waals surface area contributed by atoms with Crippen LogP contribution in [0.3, 0.4) is 0 Å². The Labute approximate surface area is 116 Å². The van der Waals surface area contributed by atoms with Gasteiger partial charge in [0.05, 0.1) is 0 Å². The van der Waals surface area contributed by atoms with Gasteiger partial charge in [0.1, 0.15) is 0 Å². The third kappa shape index (κ3) is 4.37. The first-order chi connectivity index (χ1) is 9.15. The summed E-state index contributed by atoms with van der Waals surface area (Å²) in [4.78, 5) is 5.63. The third-order valence-corrected chi connectivity index (χ3v) is 3.29. The van der Waals surface area contributed by atoms with E-state index >= 15 is 0 Å². The van der Waals surface area contributed by atoms with Crippen molar-refractivity contribution in [3.05, 3.63) is 36.0 Å². The summed E-state index contributed by atoms with van der Waals surface area (Å²) in [5.74, 6) is 0.723. The van der Waals surface area contributed by atoms with Crippen LogP contribution in [0.1, 0.15) is 19.4 Å². The molecule has 0 unspecified atom stereocenters. The molecule has 1 aromatic heterocycles. The minimum Gasteiger partial charge on any atom is -0.361 e. The van der Waals surface area contributed by atoms with Gasteiger partial charge in [0.2, 0.25) is 0 Å². The van der Waals surface area contributed by atoms with Crippen LogP contribution in [0, 0.1) is 5.92 Å². The molecule has 0 aliphatic heterocycles. The smallest absolute Gasteiger partial charge is 0.0457 e. The lowest BCUT2D eigenvalue weighted by molar-refractivity contribution is 0.322. The van der Waals surface area contributed by atoms with Crippen LogP contribution in [0.25, 0.3) is 10.9 Å². The predicted octanol–water partition coefficient (Wildman–Crippen LogP) is 2.85. The highest BCUT2D eigenvalue weighted by molar-refractivity contribution is 5.79. The molecule has 1 aromatic carbocycles. The second kappa shape index (κ2) is 6.73. The number of benzene rings is 1. The maximum atomic E-state index is 3.48. The van der Waals surface area contributed by atoms with E-state index in [-0.39, 0.29) is 0 Å². The van der Waals surface area contributed by atoms with Gasteiger partial charge in [-0.1, -0.05) is 26.0 Å². The fourth-order valence-corrected chi connectivity index (χ4v) is 2.24. The molecule has 0 atom stereocenters. The fraction of sp³-hybridized carbons (Fsp3) is 0.500. The molecule has 104 valence electrons. The van der Waals surface area contributed by atoms with Gasteiger partial charge in [-0.3, -0.25) is 0 Å². The molecular weight excluding hydrogens is 234 g/mol. The molecule has 2 aromatic rings. The molecule has 2 rings (SSSR count). The Morgan fingerprint density at radius 1 is 1.26 bits per heavy atom. The van der Waals surface area contributed by atoms with E-state index in [1.165, 1.54) is 16.5 Å². The lowest BCUT2D eigenvalue weighted by atomic mass is 10.1. The van der Waals surface area contributed by atoms with Gasteiger partial charge in [0, 0.05) is 31.3 Å². The zero-order valence-electron chi connectivity index (χ0n) is 12.2. The van der Waals surface area contributed by atoms with Crippen molar-refractivity contribution in [3.8, 4) is 0 Å². The lowest BCUT2D eigenvalue weighted by Gasteiger charge is -2.17. The Kier molecular flexibility index (Phi) is 5.00. The molecule has 3 nitrogen and oxygen atoms in total. The monoisotopic (exact) mass is 259 g/mol. The number of aromatic amines is 1. The summed E-state index contributed by atoms with van der Waals surface area (Å²) in [5.41, 5.74) is 2.59. The molecule has 0 fully saturated rings. The van der Waals surface area contributed by atoms with Crippen LogP contribution >= 0.6 is 0 Å². The third-order valence-electron chi connectivity index (χ3n) is 3.29. The van der Waals surface area contributed by atoms with E-state index in [1.54, 1.807) is 0 Å². The van der Waals surface area contributed by atoms with Gasteiger partial charge in [0.15, 0.2) is 0 Å². The number of rotatable bonds is 7. The molecule has 0 saturated heterocycles. The average Bonchev–Trinajstić information content (AvgIpc) is 2.82. The van der Waals surface area contributed by atoms with Crippen LogP contribution in [-0.2, 0) is 6.54 Å². The molecule has 0 saturated carbocycles. The normalized spacial score (nSPS) is 11.8. The minimum absolute atomic E-state index is 0.723. The fourth-order valence-electron chi connectivity index (χ4n) is 2.24. The van der Waals surface area contributed by atoms with Crippen LogP contribution in [0.4, 0.5) is 0 Å². The number of likely N-dealkylation sites (N-methyl/N-ethyl adjacent to an activating group) is 1. The molecule has 0 bridgehead atoms. The Balaban J connectivity index is 1.79. The first-order valence-electron chi connectivity index (χ1n) is 7.10. The van der Waals surface area contributed by atoms with Gasteiger partial charge in [-0.2, -0.15) is 0 Å². The Bertz CT molecular complexity index is 501. The molecule has 3 heteroatoms. The summed E-state index contributed by atoms with van der Waals surface area (Å²) in [6, 6.07) is 8.76. The summed E-state index contributed by atoms with van der Waals surface area (Å²) >= 11 is 0. The van der Waals surface area contributed by atoms with E-state index in [2.05, 4.69) is 60.4 Å². The summed E-state index contributed by atoms with van der Waals surface area (Å²) in [6.45, 7) is 8.71. The van der Waals surface area contributed by atoms with Crippen molar-refractivity contribution < 1.29 is 0 Å². The molecule has 1 heterocycles. The number of aromatic nitrogens is 1. The highest BCUT2D eigenvalue weighted by Gasteiger charge is 2.02. The molecule has 2 N–H and O–H groups in total. The molecule has 19 heavy (non-hydrogen) atoms. The van der Waals surface area contributed by atoms with E-state index in [4.69, 9.17) is 0 Å². The number of H-pyrrole nitrogens is 1. The van der Waals surface area contributed by atoms with Gasteiger partial charge in [0.25, 0.3) is 0 Å². The number of hydrogen-bond donors (Lipinski definition) is 2. The van der Waals surface area contributed by atoms with Crippen molar-refractivity contribution in [2.45, 2.75) is 20.4 Å². The molecule has 0 spiro atoms. The SMILES string of the molecule is CC(C)CNCCN(C)Cc1ccc2cc[nH]c2c1. The van der Waals surface area contributed by atoms with E-state index in [9.17, 15) is 0 Å². The van der Waals surface area contributed by atoms with Crippen molar-refractivity contribution >= 4 is 10.9 Å². The van der Waals surface area contributed by atoms with Gasteiger partial charge in [-0.05, 0) is 42.6 Å². The first kappa shape index (κ1) is 14.1. The molecule has 0 amide bonds. The zero-order chi connectivity index (χ0) is 13.7. The Morgan fingerprint density at radius 3 is 2.89 bits per heavy atom. The lowest BCUT2D eigenvalue weighted by Crippen LogP contribution is -2.30. The quantitative estimate of drug-likeness (QED) is 0.749. The second-order valence-corrected chi connectivity index (χ2v) is 5.74. The van der Waals surface area contributed by atoms with E-state index in [0.29, 0.717) is 0 Å². The molecular formula is C16H25N3. The topological polar surface area (TPSA) is 31.1 Å². The molecule has 0 aliphatic carbocycles. The zero-order valence-corrected chi connectivity index (χ0v) is 12.2. The maximum Gasteiger partial charge on any atom is 0.0457 e. The minimum atomic E-state index is 0.723. The number of fused-ring (bicyclic) bond motifs is 1. The van der Waals surface area contributed by atoms with E-state index < -0.39 is 0 Å². The van der Waals surface area contributed by atoms with Crippen LogP contribution in [0.2, 0.25) is 0 Å². The van der Waals surface area contributed by atoms with E-state index in [1.807, 2.05) is 6.20 Å². The van der Waals surface area contributed by atoms with Crippen molar-refractivity contribution in [2.75, 3.05) is 26.7 Å². The highest BCUT2D eigenvalue weighted by atomic mass is 15.1. The number of nitrogens with zero attached hydrogens (tertiary/aromatic N) is 1. The molecule has 0 aliphatic rings. The molecule has 0 radical (unpaired) electrons. The van der Waals surface area contributed by atoms with Gasteiger partial charge in [-0.15, -0.1) is 0 Å². The summed E-state index contributed by atoms with van der Waals surface area (Å²) < 4.78 is 0. The van der Waals surface area contributed by atoms with Gasteiger partial charge >= 0.3 is 0 Å². The van der Waals surface area contributed by atoms with Crippen LogP contribution in [-0.4, -0.2) is 36.6 Å². The summed E-state index contributed by atoms with van der Waals surface area (Å²) in [5, 5.41) is 4.76. The number of hydrogen-bond acceptors (Lipinski definition) is 2. The van der Waals surface area contributed by atoms with Crippen LogP contribution in [0.5, 0.6) is 0 Å². The van der Waals surface area contributed by atoms with Crippen molar-refractivity contribution in [1.29, 1.82) is 0 Å². The Hall–Kier alpha value is -1.32. The van der Waals surface area contributed by atoms with Crippen molar-refractivity contribution in [2.24, 2.45) is 5.92 Å². The largest absolute Gasteiger partial charge is 0.361 e. The van der Waals surface area contributed by atoms with Crippen LogP contribution < -0.4 is 5.32 Å². The maximum absolute atomic E-state index is 3.48. The van der Waals surface area contributed by atoms with E-state index in [0.717, 1.165) is 32.1 Å². The highest BCUT2D eigenvalue weighted by Crippen LogP contribution is 2.15. The summed E-state index contributed by atoms with van der Waals surface area (Å²) in [7, 11) is 2.18. The van der Waals surface area contributed by atoms with Gasteiger partial charge < -0.3 is 15.2 Å². The Morgan fingerprint density at radius 2 is 2.11 bits per heavy atom. The van der Waals surface area contributed by atoms with Crippen LogP contribution in [0.15, 0.2) is 30.5 Å². The standard InChI is InChI=1S/C16H25N3/c1-13(2)11-17-8-9-19(3)12-14-4-5-15-6-7-18-16(15)10-14/h4-7,10,13,17-18H,8-9,11-12H2,1-3H3. The van der Waals surface area contributed by atoms with Crippen molar-refractivity contribution in [1.82, 2.24) is 15.2 Å².